The molecule has 1 aliphatic heterocycles. The SMILES string of the molecule is CC1CCCC2NCC12. The van der Waals surface area contributed by atoms with Crippen LogP contribution in [0.25, 0.3) is 0 Å². The topological polar surface area (TPSA) is 12.0 Å². The van der Waals surface area contributed by atoms with Crippen LogP contribution < -0.4 is 5.32 Å². The molecule has 0 aromatic heterocycles. The highest BCUT2D eigenvalue weighted by atomic mass is 15.0. The quantitative estimate of drug-likeness (QED) is 0.516. The average molecular weight is 125 g/mol. The van der Waals surface area contributed by atoms with Gasteiger partial charge in [-0.05, 0) is 24.8 Å². The second-order valence-electron chi connectivity index (χ2n) is 3.59. The van der Waals surface area contributed by atoms with Gasteiger partial charge in [-0.25, -0.2) is 0 Å². The van der Waals surface area contributed by atoms with E-state index in [0.29, 0.717) is 0 Å². The van der Waals surface area contributed by atoms with Gasteiger partial charge < -0.3 is 5.32 Å². The van der Waals surface area contributed by atoms with Gasteiger partial charge in [-0.2, -0.15) is 0 Å². The minimum atomic E-state index is 0.911. The largest absolute Gasteiger partial charge is 0.313 e. The van der Waals surface area contributed by atoms with Crippen LogP contribution in [0.1, 0.15) is 26.2 Å². The molecule has 9 heavy (non-hydrogen) atoms. The van der Waals surface area contributed by atoms with Crippen molar-refractivity contribution in [1.29, 1.82) is 0 Å². The molecule has 2 aliphatic rings. The van der Waals surface area contributed by atoms with E-state index in [2.05, 4.69) is 12.2 Å². The molecule has 1 nitrogen and oxygen atoms in total. The lowest BCUT2D eigenvalue weighted by molar-refractivity contribution is 0.108. The van der Waals surface area contributed by atoms with Crippen molar-refractivity contribution in [2.24, 2.45) is 11.8 Å². The Morgan fingerprint density at radius 1 is 1.33 bits per heavy atom. The molecule has 3 atom stereocenters. The van der Waals surface area contributed by atoms with Crippen LogP contribution in [0.2, 0.25) is 0 Å². The fraction of sp³-hybridized carbons (Fsp3) is 1.00. The minimum absolute atomic E-state index is 0.911. The van der Waals surface area contributed by atoms with E-state index in [-0.39, 0.29) is 0 Å². The lowest BCUT2D eigenvalue weighted by Gasteiger charge is -2.45. The number of fused-ring (bicyclic) bond motifs is 1. The van der Waals surface area contributed by atoms with Crippen LogP contribution in [0.5, 0.6) is 0 Å². The molecule has 2 fully saturated rings. The first-order valence-corrected chi connectivity index (χ1v) is 4.11. The molecule has 3 unspecified atom stereocenters. The molecule has 1 saturated carbocycles. The predicted octanol–water partition coefficient (Wildman–Crippen LogP) is 1.39. The van der Waals surface area contributed by atoms with Gasteiger partial charge in [0.2, 0.25) is 0 Å². The third-order valence-electron chi connectivity index (χ3n) is 3.04. The third-order valence-corrected chi connectivity index (χ3v) is 3.04. The van der Waals surface area contributed by atoms with Crippen LogP contribution in [0.4, 0.5) is 0 Å². The first kappa shape index (κ1) is 5.72. The molecule has 1 heteroatoms. The van der Waals surface area contributed by atoms with Gasteiger partial charge in [0, 0.05) is 6.04 Å². The molecule has 0 aromatic rings. The van der Waals surface area contributed by atoms with Gasteiger partial charge in [-0.15, -0.1) is 0 Å². The van der Waals surface area contributed by atoms with Crippen LogP contribution in [-0.4, -0.2) is 12.6 Å². The minimum Gasteiger partial charge on any atom is -0.313 e. The molecule has 2 rings (SSSR count). The summed E-state index contributed by atoms with van der Waals surface area (Å²) in [6.45, 7) is 3.70. The van der Waals surface area contributed by atoms with Gasteiger partial charge in [0.1, 0.15) is 0 Å². The van der Waals surface area contributed by atoms with Crippen molar-refractivity contribution in [3.05, 3.63) is 0 Å². The summed E-state index contributed by atoms with van der Waals surface area (Å²) in [5.41, 5.74) is 0. The first-order valence-electron chi connectivity index (χ1n) is 4.11. The maximum atomic E-state index is 3.48. The van der Waals surface area contributed by atoms with Crippen molar-refractivity contribution >= 4 is 0 Å². The van der Waals surface area contributed by atoms with Gasteiger partial charge in [0.25, 0.3) is 0 Å². The molecule has 0 radical (unpaired) electrons. The van der Waals surface area contributed by atoms with E-state index in [9.17, 15) is 0 Å². The Morgan fingerprint density at radius 3 is 2.67 bits per heavy atom. The second-order valence-corrected chi connectivity index (χ2v) is 3.59. The Balaban J connectivity index is 1.98. The summed E-state index contributed by atoms with van der Waals surface area (Å²) in [6, 6.07) is 0.911. The van der Waals surface area contributed by atoms with Crippen molar-refractivity contribution in [3.8, 4) is 0 Å². The van der Waals surface area contributed by atoms with Crippen molar-refractivity contribution in [3.63, 3.8) is 0 Å². The maximum absolute atomic E-state index is 3.48. The number of hydrogen-bond acceptors (Lipinski definition) is 1. The Kier molecular flexibility index (Phi) is 1.26. The fourth-order valence-electron chi connectivity index (χ4n) is 2.21. The second kappa shape index (κ2) is 1.98. The van der Waals surface area contributed by atoms with Crippen LogP contribution in [0.3, 0.4) is 0 Å². The molecule has 52 valence electrons. The van der Waals surface area contributed by atoms with E-state index in [1.54, 1.807) is 0 Å². The van der Waals surface area contributed by atoms with Crippen molar-refractivity contribution in [2.75, 3.05) is 6.54 Å². The van der Waals surface area contributed by atoms with E-state index in [0.717, 1.165) is 17.9 Å². The van der Waals surface area contributed by atoms with Crippen molar-refractivity contribution in [1.82, 2.24) is 5.32 Å². The van der Waals surface area contributed by atoms with E-state index in [1.165, 1.54) is 25.8 Å². The normalized spacial score (nSPS) is 49.7. The molecule has 1 heterocycles. The summed E-state index contributed by atoms with van der Waals surface area (Å²) in [4.78, 5) is 0. The molecule has 0 bridgehead atoms. The summed E-state index contributed by atoms with van der Waals surface area (Å²) >= 11 is 0. The lowest BCUT2D eigenvalue weighted by Crippen LogP contribution is -2.57. The highest BCUT2D eigenvalue weighted by molar-refractivity contribution is 4.93. The summed E-state index contributed by atoms with van der Waals surface area (Å²) in [6.07, 6.45) is 4.37. The molecular weight excluding hydrogens is 110 g/mol. The number of hydrogen-bond donors (Lipinski definition) is 1. The van der Waals surface area contributed by atoms with Gasteiger partial charge in [-0.3, -0.25) is 0 Å². The third kappa shape index (κ3) is 0.787. The van der Waals surface area contributed by atoms with Crippen LogP contribution in [0, 0.1) is 11.8 Å². The number of rotatable bonds is 0. The summed E-state index contributed by atoms with van der Waals surface area (Å²) in [7, 11) is 0. The summed E-state index contributed by atoms with van der Waals surface area (Å²) < 4.78 is 0. The molecule has 0 spiro atoms. The van der Waals surface area contributed by atoms with Crippen LogP contribution >= 0.6 is 0 Å². The van der Waals surface area contributed by atoms with E-state index >= 15 is 0 Å². The van der Waals surface area contributed by atoms with Gasteiger partial charge >= 0.3 is 0 Å². The summed E-state index contributed by atoms with van der Waals surface area (Å²) in [5.74, 6) is 2.05. The molecule has 0 aromatic carbocycles. The summed E-state index contributed by atoms with van der Waals surface area (Å²) in [5, 5.41) is 3.48. The zero-order valence-electron chi connectivity index (χ0n) is 6.06. The molecular formula is C8H15N. The van der Waals surface area contributed by atoms with E-state index < -0.39 is 0 Å². The first-order chi connectivity index (χ1) is 4.38. The maximum Gasteiger partial charge on any atom is 0.0110 e. The molecule has 1 N–H and O–H groups in total. The lowest BCUT2D eigenvalue weighted by atomic mass is 9.72. The monoisotopic (exact) mass is 125 g/mol. The molecule has 1 saturated heterocycles. The van der Waals surface area contributed by atoms with Gasteiger partial charge in [0.15, 0.2) is 0 Å². The van der Waals surface area contributed by atoms with Gasteiger partial charge in [0.05, 0.1) is 0 Å². The van der Waals surface area contributed by atoms with Crippen LogP contribution in [-0.2, 0) is 0 Å². The molecule has 1 aliphatic carbocycles. The smallest absolute Gasteiger partial charge is 0.0110 e. The predicted molar refractivity (Wildman–Crippen MR) is 38.3 cm³/mol. The standard InChI is InChI=1S/C8H15N/c1-6-3-2-4-8-7(6)5-9-8/h6-9H,2-5H2,1H3. The van der Waals surface area contributed by atoms with E-state index in [4.69, 9.17) is 0 Å². The Bertz CT molecular complexity index is 105. The van der Waals surface area contributed by atoms with Crippen molar-refractivity contribution in [2.45, 2.75) is 32.2 Å². The Labute approximate surface area is 56.8 Å². The zero-order valence-corrected chi connectivity index (χ0v) is 6.06. The van der Waals surface area contributed by atoms with Crippen LogP contribution in [0.15, 0.2) is 0 Å². The fourth-order valence-corrected chi connectivity index (χ4v) is 2.21. The zero-order chi connectivity index (χ0) is 6.27. The van der Waals surface area contributed by atoms with E-state index in [1.807, 2.05) is 0 Å². The molecule has 0 amide bonds. The average Bonchev–Trinajstić information content (AvgIpc) is 1.74. The Morgan fingerprint density at radius 2 is 2.22 bits per heavy atom. The highest BCUT2D eigenvalue weighted by Crippen LogP contribution is 2.34. The Hall–Kier alpha value is -0.0400. The van der Waals surface area contributed by atoms with Crippen molar-refractivity contribution < 1.29 is 0 Å². The number of nitrogens with one attached hydrogen (secondary N) is 1. The van der Waals surface area contributed by atoms with Gasteiger partial charge in [-0.1, -0.05) is 19.8 Å². The highest BCUT2D eigenvalue weighted by Gasteiger charge is 2.36.